The van der Waals surface area contributed by atoms with Gasteiger partial charge >= 0.3 is 16.5 Å². The Morgan fingerprint density at radius 2 is 0.695 bits per heavy atom. The predicted molar refractivity (Wildman–Crippen MR) is 260 cm³/mol. The number of hydrogen-bond acceptors (Lipinski definition) is 12. The van der Waals surface area contributed by atoms with Crippen LogP contribution in [0.25, 0.3) is 0 Å². The first kappa shape index (κ1) is 53.0. The van der Waals surface area contributed by atoms with Crippen molar-refractivity contribution in [1.82, 2.24) is 10.6 Å². The molecule has 0 unspecified atom stereocenters. The molecule has 0 saturated carbocycles. The van der Waals surface area contributed by atoms with Crippen LogP contribution in [0.3, 0.4) is 0 Å². The molecule has 0 aliphatic carbocycles. The van der Waals surface area contributed by atoms with Crippen LogP contribution in [0.15, 0.2) is 107 Å². The van der Waals surface area contributed by atoms with Crippen LogP contribution >= 0.6 is 11.4 Å². The molecular formula is C44H60N4NiO4P2S4. The molecule has 0 amide bonds. The molecule has 4 aromatic rings. The van der Waals surface area contributed by atoms with Crippen LogP contribution < -0.4 is 28.7 Å². The summed E-state index contributed by atoms with van der Waals surface area (Å²) < 4.78 is 22.4. The predicted octanol–water partition coefficient (Wildman–Crippen LogP) is 11.5. The first-order chi connectivity index (χ1) is 27.1. The third-order valence-electron chi connectivity index (χ3n) is 8.54. The van der Waals surface area contributed by atoms with Gasteiger partial charge in [-0.25, -0.2) is 0 Å². The van der Waals surface area contributed by atoms with Gasteiger partial charge in [0.2, 0.25) is 0 Å². The zero-order valence-corrected chi connectivity index (χ0v) is 41.9. The van der Waals surface area contributed by atoms with Crippen LogP contribution in [-0.2, 0) is 64.6 Å². The van der Waals surface area contributed by atoms with E-state index in [1.54, 1.807) is 0 Å². The van der Waals surface area contributed by atoms with Gasteiger partial charge in [0.1, 0.15) is 23.0 Å². The molecule has 1 aliphatic rings. The fraction of sp³-hybridized carbons (Fsp3) is 0.409. The zero-order valence-electron chi connectivity index (χ0n) is 35.9. The van der Waals surface area contributed by atoms with Crippen molar-refractivity contribution in [3.8, 4) is 23.0 Å². The quantitative estimate of drug-likeness (QED) is 0.101. The van der Waals surface area contributed by atoms with Gasteiger partial charge in [0, 0.05) is 48.4 Å². The van der Waals surface area contributed by atoms with Gasteiger partial charge in [-0.3, -0.25) is 9.98 Å². The second-order valence-corrected chi connectivity index (χ2v) is 25.4. The summed E-state index contributed by atoms with van der Waals surface area (Å²) in [4.78, 5) is 9.35. The molecule has 0 aromatic heterocycles. The molecule has 0 atom stereocenters. The van der Waals surface area contributed by atoms with Crippen molar-refractivity contribution in [3.05, 3.63) is 119 Å². The number of benzene rings is 4. The molecule has 0 radical (unpaired) electrons. The van der Waals surface area contributed by atoms with Crippen LogP contribution in [0.1, 0.15) is 76.6 Å². The topological polar surface area (TPSA) is 85.7 Å². The number of rotatable bonds is 8. The normalized spacial score (nSPS) is 15.7. The third-order valence-corrected chi connectivity index (χ3v) is 12.1. The SMILES string of the molecule is CC1=NCCNC(C)(C)CC(C)=NCCNC(C)(C)C1.Cc1ccc(OP(=S)([S-])Oc2ccc(C)cc2)cc1.Cc1ccc(OP(=S)([S-])Oc2ccc(C)cc2)cc1.[Ni+2]. The van der Waals surface area contributed by atoms with Crippen LogP contribution in [0.5, 0.6) is 23.0 Å². The Bertz CT molecular complexity index is 1780. The van der Waals surface area contributed by atoms with Crippen molar-refractivity contribution < 1.29 is 34.6 Å². The molecule has 0 spiro atoms. The van der Waals surface area contributed by atoms with Gasteiger partial charge in [0.25, 0.3) is 0 Å². The van der Waals surface area contributed by atoms with Crippen LogP contribution in [0.2, 0.25) is 0 Å². The van der Waals surface area contributed by atoms with Gasteiger partial charge in [-0.05, 0) is 141 Å². The fourth-order valence-corrected chi connectivity index (χ4v) is 9.41. The van der Waals surface area contributed by atoms with Crippen molar-refractivity contribution >= 4 is 70.9 Å². The Balaban J connectivity index is 0.000000303. The van der Waals surface area contributed by atoms with E-state index in [0.29, 0.717) is 23.0 Å². The maximum absolute atomic E-state index is 5.61. The van der Waals surface area contributed by atoms with E-state index in [2.05, 4.69) is 62.2 Å². The Hall–Kier alpha value is -2.17. The van der Waals surface area contributed by atoms with E-state index in [-0.39, 0.29) is 27.6 Å². The van der Waals surface area contributed by atoms with E-state index in [9.17, 15) is 0 Å². The van der Waals surface area contributed by atoms with Gasteiger partial charge < -0.3 is 53.2 Å². The molecule has 2 N–H and O–H groups in total. The van der Waals surface area contributed by atoms with Crippen LogP contribution in [0, 0.1) is 27.7 Å². The minimum Gasteiger partial charge on any atom is -0.665 e. The summed E-state index contributed by atoms with van der Waals surface area (Å²) in [6, 6.07) is 30.4. The molecule has 1 aliphatic heterocycles. The number of hydrogen-bond donors (Lipinski definition) is 2. The van der Waals surface area contributed by atoms with Gasteiger partial charge in [0.15, 0.2) is 11.4 Å². The molecular weight excluding hydrogens is 897 g/mol. The van der Waals surface area contributed by atoms with Crippen molar-refractivity contribution in [2.45, 2.75) is 93.2 Å². The first-order valence-electron chi connectivity index (χ1n) is 19.3. The monoisotopic (exact) mass is 956 g/mol. The van der Waals surface area contributed by atoms with E-state index >= 15 is 0 Å². The molecule has 0 bridgehead atoms. The van der Waals surface area contributed by atoms with E-state index in [0.717, 1.165) is 61.3 Å². The largest absolute Gasteiger partial charge is 2.00 e. The molecule has 0 saturated heterocycles. The van der Waals surface area contributed by atoms with E-state index < -0.39 is 11.4 Å². The van der Waals surface area contributed by atoms with Crippen molar-refractivity contribution in [3.63, 3.8) is 0 Å². The summed E-state index contributed by atoms with van der Waals surface area (Å²) >= 11 is 21.0. The Morgan fingerprint density at radius 1 is 0.475 bits per heavy atom. The third kappa shape index (κ3) is 23.0. The fourth-order valence-electron chi connectivity index (χ4n) is 5.75. The Morgan fingerprint density at radius 3 is 0.915 bits per heavy atom. The smallest absolute Gasteiger partial charge is 0.665 e. The van der Waals surface area contributed by atoms with Crippen molar-refractivity contribution in [2.75, 3.05) is 26.2 Å². The average molecular weight is 958 g/mol. The van der Waals surface area contributed by atoms with E-state index in [4.69, 9.17) is 66.2 Å². The number of aryl methyl sites for hydroxylation is 4. The molecule has 0 fully saturated rings. The number of aliphatic imine (C=N–C) groups is 2. The van der Waals surface area contributed by atoms with E-state index in [1.165, 1.54) is 11.4 Å². The summed E-state index contributed by atoms with van der Waals surface area (Å²) in [7, 11) is 0. The summed E-state index contributed by atoms with van der Waals surface area (Å²) in [5, 5.41) is 7.16. The number of nitrogens with one attached hydrogen (secondary N) is 2. The molecule has 8 nitrogen and oxygen atoms in total. The summed E-state index contributed by atoms with van der Waals surface area (Å²) in [6.45, 7) is 24.8. The molecule has 4 aromatic carbocycles. The minimum atomic E-state index is -2.75. The summed E-state index contributed by atoms with van der Waals surface area (Å²) in [6.07, 6.45) is 1.97. The standard InChI is InChI=1S/C16H32N4.2C14H15O2PS2.Ni/c1-13-11-15(3,4)19-10-8-18-14(2)12-16(5,6)20-9-7-17-13;2*1-11-3-7-13(8-4-11)15-17(18,19)16-14-9-5-12(2)6-10-14;/h19-20H,7-12H2,1-6H3;2*3-10H,1-2H3,(H,18,19);/q;;;+2/p-2. The van der Waals surface area contributed by atoms with Crippen LogP contribution in [0.4, 0.5) is 0 Å². The summed E-state index contributed by atoms with van der Waals surface area (Å²) in [5.41, 5.74) is 1.75. The first-order valence-corrected chi connectivity index (χ1v) is 26.6. The molecule has 324 valence electrons. The Labute approximate surface area is 385 Å². The molecule has 1 heterocycles. The maximum Gasteiger partial charge on any atom is 2.00 e. The average Bonchev–Trinajstić information content (AvgIpc) is 3.12. The molecule has 59 heavy (non-hydrogen) atoms. The summed E-state index contributed by atoms with van der Waals surface area (Å²) in [5.74, 6) is 2.60. The van der Waals surface area contributed by atoms with E-state index in [1.807, 2.05) is 125 Å². The van der Waals surface area contributed by atoms with Gasteiger partial charge in [-0.2, -0.15) is 0 Å². The second kappa shape index (κ2) is 25.1. The minimum absolute atomic E-state index is 0. The number of nitrogens with zero attached hydrogens (tertiary/aromatic N) is 2. The molecule has 15 heteroatoms. The molecule has 5 rings (SSSR count). The Kier molecular flexibility index (Phi) is 22.5. The maximum atomic E-state index is 5.61. The van der Waals surface area contributed by atoms with Crippen molar-refractivity contribution in [1.29, 1.82) is 0 Å². The van der Waals surface area contributed by atoms with Crippen molar-refractivity contribution in [2.24, 2.45) is 9.98 Å². The second-order valence-electron chi connectivity index (χ2n) is 15.7. The van der Waals surface area contributed by atoms with Crippen LogP contribution in [-0.4, -0.2) is 48.7 Å². The van der Waals surface area contributed by atoms with Gasteiger partial charge in [-0.15, -0.1) is 0 Å². The van der Waals surface area contributed by atoms with Gasteiger partial charge in [0.05, 0.1) is 13.1 Å². The van der Waals surface area contributed by atoms with Gasteiger partial charge in [-0.1, -0.05) is 70.8 Å². The zero-order chi connectivity index (χ0) is 43.0.